The van der Waals surface area contributed by atoms with E-state index in [1.54, 1.807) is 12.1 Å². The molecule has 0 aliphatic carbocycles. The summed E-state index contributed by atoms with van der Waals surface area (Å²) in [5.74, 6) is -0.338. The van der Waals surface area contributed by atoms with Crippen LogP contribution < -0.4 is 5.32 Å². The van der Waals surface area contributed by atoms with Crippen LogP contribution in [0.1, 0.15) is 11.1 Å². The highest BCUT2D eigenvalue weighted by atomic mass is 79.9. The lowest BCUT2D eigenvalue weighted by Gasteiger charge is -2.12. The number of amides is 1. The minimum atomic E-state index is -0.333. The highest BCUT2D eigenvalue weighted by molar-refractivity contribution is 9.10. The van der Waals surface area contributed by atoms with Gasteiger partial charge < -0.3 is 5.32 Å². The topological polar surface area (TPSA) is 29.1 Å². The summed E-state index contributed by atoms with van der Waals surface area (Å²) in [5.41, 5.74) is 1.92. The predicted molar refractivity (Wildman–Crippen MR) is 91.0 cm³/mol. The quantitative estimate of drug-likeness (QED) is 0.745. The van der Waals surface area contributed by atoms with Gasteiger partial charge in [0.1, 0.15) is 5.82 Å². The van der Waals surface area contributed by atoms with Gasteiger partial charge in [0.2, 0.25) is 5.91 Å². The molecule has 0 aliphatic heterocycles. The number of benzene rings is 2. The van der Waals surface area contributed by atoms with E-state index in [0.717, 1.165) is 11.1 Å². The largest absolute Gasteiger partial charge is 0.355 e. The first-order valence-corrected chi connectivity index (χ1v) is 8.25. The first-order chi connectivity index (χ1) is 10.6. The summed E-state index contributed by atoms with van der Waals surface area (Å²) in [7, 11) is 0. The maximum Gasteiger partial charge on any atom is 0.234 e. The number of hydrogen-bond donors (Lipinski definition) is 1. The third-order valence-corrected chi connectivity index (χ3v) is 4.38. The second kappa shape index (κ2) is 8.30. The van der Waals surface area contributed by atoms with E-state index < -0.39 is 0 Å². The summed E-state index contributed by atoms with van der Waals surface area (Å²) in [6.07, 6.45) is 1.19. The van der Waals surface area contributed by atoms with Gasteiger partial charge in [0.15, 0.2) is 0 Å². The summed E-state index contributed by atoms with van der Waals surface area (Å²) in [5, 5.41) is 3.52. The van der Waals surface area contributed by atoms with Crippen LogP contribution in [0.25, 0.3) is 0 Å². The number of alkyl halides is 1. The average Bonchev–Trinajstić information content (AvgIpc) is 2.51. The van der Waals surface area contributed by atoms with Gasteiger partial charge in [-0.15, -0.1) is 0 Å². The Labute approximate surface area is 142 Å². The van der Waals surface area contributed by atoms with Gasteiger partial charge in [-0.05, 0) is 42.2 Å². The van der Waals surface area contributed by atoms with Gasteiger partial charge in [-0.25, -0.2) is 4.39 Å². The molecule has 0 bridgehead atoms. The van der Waals surface area contributed by atoms with Crippen molar-refractivity contribution in [3.05, 3.63) is 70.5 Å². The van der Waals surface area contributed by atoms with Crippen molar-refractivity contribution in [2.75, 3.05) is 6.54 Å². The SMILES string of the molecule is O=C(NCCc1ccc(F)cc1)C(Br)Cc1ccccc1Cl. The zero-order valence-corrected chi connectivity index (χ0v) is 14.2. The minimum Gasteiger partial charge on any atom is -0.355 e. The molecule has 1 N–H and O–H groups in total. The van der Waals surface area contributed by atoms with Crippen LogP contribution in [0.3, 0.4) is 0 Å². The Bertz CT molecular complexity index is 633. The molecule has 22 heavy (non-hydrogen) atoms. The Morgan fingerprint density at radius 2 is 1.86 bits per heavy atom. The summed E-state index contributed by atoms with van der Waals surface area (Å²) in [4.78, 5) is 11.7. The van der Waals surface area contributed by atoms with E-state index in [1.165, 1.54) is 12.1 Å². The standard InChI is InChI=1S/C17H16BrClFNO/c18-15(11-13-3-1-2-4-16(13)19)17(22)21-10-9-12-5-7-14(20)8-6-12/h1-8,15H,9-11H2,(H,21,22). The van der Waals surface area contributed by atoms with E-state index in [1.807, 2.05) is 24.3 Å². The lowest BCUT2D eigenvalue weighted by molar-refractivity contribution is -0.120. The van der Waals surface area contributed by atoms with Crippen molar-refractivity contribution in [3.63, 3.8) is 0 Å². The Morgan fingerprint density at radius 3 is 2.55 bits per heavy atom. The van der Waals surface area contributed by atoms with Crippen molar-refractivity contribution in [2.24, 2.45) is 0 Å². The summed E-state index contributed by atoms with van der Waals surface area (Å²) < 4.78 is 12.8. The van der Waals surface area contributed by atoms with Crippen LogP contribution >= 0.6 is 27.5 Å². The maximum absolute atomic E-state index is 12.8. The van der Waals surface area contributed by atoms with Crippen molar-refractivity contribution in [1.29, 1.82) is 0 Å². The lowest BCUT2D eigenvalue weighted by atomic mass is 10.1. The van der Waals surface area contributed by atoms with Gasteiger partial charge in [0, 0.05) is 11.6 Å². The molecule has 0 saturated carbocycles. The maximum atomic E-state index is 12.8. The number of nitrogens with one attached hydrogen (secondary N) is 1. The van der Waals surface area contributed by atoms with E-state index in [-0.39, 0.29) is 16.6 Å². The number of hydrogen-bond acceptors (Lipinski definition) is 1. The fourth-order valence-corrected chi connectivity index (χ4v) is 2.77. The molecule has 0 fully saturated rings. The van der Waals surface area contributed by atoms with Crippen molar-refractivity contribution < 1.29 is 9.18 Å². The van der Waals surface area contributed by atoms with E-state index in [2.05, 4.69) is 21.2 Å². The molecule has 0 radical (unpaired) electrons. The molecule has 2 rings (SSSR count). The first-order valence-electron chi connectivity index (χ1n) is 6.96. The molecule has 0 aromatic heterocycles. The molecule has 0 spiro atoms. The predicted octanol–water partition coefficient (Wildman–Crippen LogP) is 4.14. The normalized spacial score (nSPS) is 12.0. The first kappa shape index (κ1) is 17.0. The van der Waals surface area contributed by atoms with E-state index in [4.69, 9.17) is 11.6 Å². The monoisotopic (exact) mass is 383 g/mol. The van der Waals surface area contributed by atoms with Crippen LogP contribution in [0.15, 0.2) is 48.5 Å². The van der Waals surface area contributed by atoms with Crippen LogP contribution in [-0.4, -0.2) is 17.3 Å². The van der Waals surface area contributed by atoms with Crippen molar-refractivity contribution in [2.45, 2.75) is 17.7 Å². The average molecular weight is 385 g/mol. The van der Waals surface area contributed by atoms with Crippen LogP contribution in [0, 0.1) is 5.82 Å². The molecule has 1 atom stereocenters. The van der Waals surface area contributed by atoms with E-state index in [9.17, 15) is 9.18 Å². The van der Waals surface area contributed by atoms with Crippen LogP contribution in [-0.2, 0) is 17.6 Å². The Balaban J connectivity index is 1.79. The van der Waals surface area contributed by atoms with Crippen molar-refractivity contribution in [1.82, 2.24) is 5.32 Å². The van der Waals surface area contributed by atoms with E-state index >= 15 is 0 Å². The van der Waals surface area contributed by atoms with Gasteiger partial charge in [-0.1, -0.05) is 57.9 Å². The van der Waals surface area contributed by atoms with Crippen LogP contribution in [0.5, 0.6) is 0 Å². The fraction of sp³-hybridized carbons (Fsp3) is 0.235. The van der Waals surface area contributed by atoms with Gasteiger partial charge in [-0.3, -0.25) is 4.79 Å². The molecule has 0 heterocycles. The minimum absolute atomic E-state index is 0.0815. The Kier molecular flexibility index (Phi) is 6.40. The smallest absolute Gasteiger partial charge is 0.234 e. The van der Waals surface area contributed by atoms with Gasteiger partial charge in [-0.2, -0.15) is 0 Å². The fourth-order valence-electron chi connectivity index (χ4n) is 2.04. The zero-order valence-electron chi connectivity index (χ0n) is 11.9. The van der Waals surface area contributed by atoms with Crippen LogP contribution in [0.4, 0.5) is 4.39 Å². The molecule has 0 saturated heterocycles. The number of halogens is 3. The molecular weight excluding hydrogens is 369 g/mol. The highest BCUT2D eigenvalue weighted by Crippen LogP contribution is 2.19. The Morgan fingerprint density at radius 1 is 1.18 bits per heavy atom. The number of rotatable bonds is 6. The third-order valence-electron chi connectivity index (χ3n) is 3.27. The van der Waals surface area contributed by atoms with Crippen LogP contribution in [0.2, 0.25) is 5.02 Å². The second-order valence-corrected chi connectivity index (χ2v) is 6.44. The Hall–Kier alpha value is -1.39. The summed E-state index contributed by atoms with van der Waals surface area (Å²) in [6, 6.07) is 13.7. The molecular formula is C17H16BrClFNO. The molecule has 5 heteroatoms. The molecule has 0 aliphatic rings. The van der Waals surface area contributed by atoms with Gasteiger partial charge in [0.25, 0.3) is 0 Å². The molecule has 116 valence electrons. The van der Waals surface area contributed by atoms with E-state index in [0.29, 0.717) is 24.4 Å². The van der Waals surface area contributed by atoms with Crippen molar-refractivity contribution in [3.8, 4) is 0 Å². The summed E-state index contributed by atoms with van der Waals surface area (Å²) >= 11 is 9.48. The highest BCUT2D eigenvalue weighted by Gasteiger charge is 2.16. The zero-order chi connectivity index (χ0) is 15.9. The molecule has 1 unspecified atom stereocenters. The number of carbonyl (C=O) groups is 1. The third kappa shape index (κ3) is 5.11. The van der Waals surface area contributed by atoms with Crippen molar-refractivity contribution >= 4 is 33.4 Å². The molecule has 1 amide bonds. The second-order valence-electron chi connectivity index (χ2n) is 4.93. The molecule has 2 aromatic rings. The van der Waals surface area contributed by atoms with Gasteiger partial charge >= 0.3 is 0 Å². The van der Waals surface area contributed by atoms with Gasteiger partial charge in [0.05, 0.1) is 4.83 Å². The molecule has 2 aromatic carbocycles. The lowest BCUT2D eigenvalue weighted by Crippen LogP contribution is -2.33. The summed E-state index contributed by atoms with van der Waals surface area (Å²) in [6.45, 7) is 0.509. The molecule has 2 nitrogen and oxygen atoms in total. The number of carbonyl (C=O) groups excluding carboxylic acids is 1.